The van der Waals surface area contributed by atoms with Crippen LogP contribution in [0.1, 0.15) is 39.0 Å². The lowest BCUT2D eigenvalue weighted by atomic mass is 10.0. The highest BCUT2D eigenvalue weighted by molar-refractivity contribution is 6.40. The Labute approximate surface area is 181 Å². The molecular formula is C26H22N2O3. The number of benzene rings is 3. The van der Waals surface area contributed by atoms with E-state index in [1.54, 1.807) is 6.07 Å². The summed E-state index contributed by atoms with van der Waals surface area (Å²) in [4.78, 5) is 25.1. The Morgan fingerprint density at radius 3 is 1.94 bits per heavy atom. The van der Waals surface area contributed by atoms with E-state index in [-0.39, 0.29) is 17.9 Å². The third-order valence-electron chi connectivity index (χ3n) is 5.50. The van der Waals surface area contributed by atoms with Gasteiger partial charge in [-0.1, -0.05) is 60.7 Å². The SMILES string of the molecule is COC(=O)C(CC(=O)c1ccc(C)c(C)c1)=NN=C1c2ccccc2-c2ccccc21. The molecule has 0 atom stereocenters. The highest BCUT2D eigenvalue weighted by Gasteiger charge is 2.25. The molecule has 0 amide bonds. The van der Waals surface area contributed by atoms with Crippen molar-refractivity contribution >= 4 is 23.2 Å². The summed E-state index contributed by atoms with van der Waals surface area (Å²) in [5.74, 6) is -0.874. The Kier molecular flexibility index (Phi) is 5.58. The largest absolute Gasteiger partial charge is 0.464 e. The van der Waals surface area contributed by atoms with Crippen molar-refractivity contribution in [3.05, 3.63) is 94.5 Å². The summed E-state index contributed by atoms with van der Waals surface area (Å²) in [6.45, 7) is 3.93. The fourth-order valence-corrected chi connectivity index (χ4v) is 3.65. The van der Waals surface area contributed by atoms with E-state index in [4.69, 9.17) is 4.74 Å². The van der Waals surface area contributed by atoms with E-state index < -0.39 is 5.97 Å². The average molecular weight is 410 g/mol. The fraction of sp³-hybridized carbons (Fsp3) is 0.154. The second-order valence-electron chi connectivity index (χ2n) is 7.48. The van der Waals surface area contributed by atoms with Crippen LogP contribution in [0.15, 0.2) is 76.9 Å². The normalized spacial score (nSPS) is 12.2. The molecule has 0 heterocycles. The van der Waals surface area contributed by atoms with Gasteiger partial charge in [0.1, 0.15) is 5.71 Å². The van der Waals surface area contributed by atoms with Gasteiger partial charge >= 0.3 is 5.97 Å². The molecule has 0 bridgehead atoms. The van der Waals surface area contributed by atoms with Crippen LogP contribution in [0.4, 0.5) is 0 Å². The number of carbonyl (C=O) groups excluding carboxylic acids is 2. The minimum Gasteiger partial charge on any atom is -0.464 e. The van der Waals surface area contributed by atoms with Crippen molar-refractivity contribution < 1.29 is 14.3 Å². The van der Waals surface area contributed by atoms with Crippen molar-refractivity contribution in [1.82, 2.24) is 0 Å². The van der Waals surface area contributed by atoms with E-state index in [1.165, 1.54) is 7.11 Å². The Hall–Kier alpha value is -3.86. The molecule has 0 saturated heterocycles. The summed E-state index contributed by atoms with van der Waals surface area (Å²) >= 11 is 0. The highest BCUT2D eigenvalue weighted by atomic mass is 16.5. The molecule has 154 valence electrons. The Morgan fingerprint density at radius 1 is 0.806 bits per heavy atom. The number of nitrogens with zero attached hydrogens (tertiary/aromatic N) is 2. The first-order valence-corrected chi connectivity index (χ1v) is 10.0. The summed E-state index contributed by atoms with van der Waals surface area (Å²) in [5.41, 5.74) is 7.31. The molecule has 1 aliphatic carbocycles. The second-order valence-corrected chi connectivity index (χ2v) is 7.48. The number of hydrogen-bond donors (Lipinski definition) is 0. The molecule has 0 aliphatic heterocycles. The molecule has 0 saturated carbocycles. The second kappa shape index (κ2) is 8.48. The van der Waals surface area contributed by atoms with Crippen LogP contribution < -0.4 is 0 Å². The van der Waals surface area contributed by atoms with Crippen molar-refractivity contribution in [3.8, 4) is 11.1 Å². The van der Waals surface area contributed by atoms with Gasteiger partial charge in [-0.2, -0.15) is 0 Å². The van der Waals surface area contributed by atoms with E-state index in [9.17, 15) is 9.59 Å². The topological polar surface area (TPSA) is 68.1 Å². The standard InChI is InChI=1S/C26H22N2O3/c1-16-12-13-18(14-17(16)2)24(29)15-23(26(30)31-3)27-28-25-21-10-6-4-8-19(21)20-9-5-7-11-22(20)25/h4-14H,15H2,1-3H3. The number of Topliss-reactive ketones (excluding diaryl/α,β-unsaturated/α-hetero) is 1. The Bertz CT molecular complexity index is 1210. The quantitative estimate of drug-likeness (QED) is 0.203. The molecule has 0 spiro atoms. The highest BCUT2D eigenvalue weighted by Crippen LogP contribution is 2.36. The number of ketones is 1. The van der Waals surface area contributed by atoms with Crippen LogP contribution in [0.25, 0.3) is 11.1 Å². The van der Waals surface area contributed by atoms with Crippen LogP contribution in [-0.2, 0) is 9.53 Å². The number of carbonyl (C=O) groups is 2. The monoisotopic (exact) mass is 410 g/mol. The first-order chi connectivity index (χ1) is 15.0. The van der Waals surface area contributed by atoms with Gasteiger partial charge in [-0.05, 0) is 42.2 Å². The number of esters is 1. The minimum absolute atomic E-state index is 0.0277. The molecule has 0 radical (unpaired) electrons. The summed E-state index contributed by atoms with van der Waals surface area (Å²) in [6, 6.07) is 21.3. The maximum Gasteiger partial charge on any atom is 0.354 e. The average Bonchev–Trinajstić information content (AvgIpc) is 3.11. The summed E-state index contributed by atoms with van der Waals surface area (Å²) in [6.07, 6.45) is -0.185. The Balaban J connectivity index is 1.71. The zero-order valence-corrected chi connectivity index (χ0v) is 17.7. The van der Waals surface area contributed by atoms with Crippen LogP contribution in [0, 0.1) is 13.8 Å². The maximum atomic E-state index is 12.8. The van der Waals surface area contributed by atoms with Gasteiger partial charge < -0.3 is 4.74 Å². The van der Waals surface area contributed by atoms with E-state index in [0.29, 0.717) is 11.3 Å². The number of hydrogen-bond acceptors (Lipinski definition) is 5. The van der Waals surface area contributed by atoms with Gasteiger partial charge in [-0.15, -0.1) is 10.2 Å². The molecular weight excluding hydrogens is 388 g/mol. The molecule has 31 heavy (non-hydrogen) atoms. The van der Waals surface area contributed by atoms with Crippen molar-refractivity contribution in [2.45, 2.75) is 20.3 Å². The van der Waals surface area contributed by atoms with E-state index in [2.05, 4.69) is 10.2 Å². The number of methoxy groups -OCH3 is 1. The van der Waals surface area contributed by atoms with E-state index >= 15 is 0 Å². The lowest BCUT2D eigenvalue weighted by Crippen LogP contribution is -2.20. The molecule has 0 aromatic heterocycles. The van der Waals surface area contributed by atoms with Crippen molar-refractivity contribution in [2.24, 2.45) is 10.2 Å². The molecule has 3 aromatic carbocycles. The number of ether oxygens (including phenoxy) is 1. The Morgan fingerprint density at radius 2 is 1.39 bits per heavy atom. The molecule has 0 unspecified atom stereocenters. The molecule has 5 heteroatoms. The smallest absolute Gasteiger partial charge is 0.354 e. The zero-order chi connectivity index (χ0) is 22.0. The van der Waals surface area contributed by atoms with Crippen LogP contribution >= 0.6 is 0 Å². The molecule has 4 rings (SSSR count). The number of fused-ring (bicyclic) bond motifs is 3. The van der Waals surface area contributed by atoms with Gasteiger partial charge in [0.05, 0.1) is 13.5 Å². The fourth-order valence-electron chi connectivity index (χ4n) is 3.65. The third-order valence-corrected chi connectivity index (χ3v) is 5.50. The van der Waals surface area contributed by atoms with Crippen LogP contribution in [0.2, 0.25) is 0 Å². The van der Waals surface area contributed by atoms with Gasteiger partial charge in [0.2, 0.25) is 0 Å². The van der Waals surface area contributed by atoms with Gasteiger partial charge in [-0.3, -0.25) is 4.79 Å². The predicted octanol–water partition coefficient (Wildman–Crippen LogP) is 4.92. The van der Waals surface area contributed by atoms with Gasteiger partial charge in [0, 0.05) is 16.7 Å². The molecule has 3 aromatic rings. The number of aryl methyl sites for hydroxylation is 2. The minimum atomic E-state index is -0.666. The first kappa shape index (κ1) is 20.4. The lowest BCUT2D eigenvalue weighted by Gasteiger charge is -2.06. The van der Waals surface area contributed by atoms with Gasteiger partial charge in [0.25, 0.3) is 0 Å². The first-order valence-electron chi connectivity index (χ1n) is 10.0. The van der Waals surface area contributed by atoms with Gasteiger partial charge in [-0.25, -0.2) is 4.79 Å². The maximum absolute atomic E-state index is 12.8. The third kappa shape index (κ3) is 3.94. The summed E-state index contributed by atoms with van der Waals surface area (Å²) in [7, 11) is 1.27. The lowest BCUT2D eigenvalue weighted by molar-refractivity contribution is -0.132. The summed E-state index contributed by atoms with van der Waals surface area (Å²) < 4.78 is 4.85. The van der Waals surface area contributed by atoms with E-state index in [1.807, 2.05) is 74.5 Å². The van der Waals surface area contributed by atoms with Crippen molar-refractivity contribution in [1.29, 1.82) is 0 Å². The number of rotatable bonds is 5. The molecule has 1 aliphatic rings. The molecule has 0 N–H and O–H groups in total. The van der Waals surface area contributed by atoms with Gasteiger partial charge in [0.15, 0.2) is 11.5 Å². The van der Waals surface area contributed by atoms with Crippen molar-refractivity contribution in [3.63, 3.8) is 0 Å². The van der Waals surface area contributed by atoms with E-state index in [0.717, 1.165) is 33.4 Å². The van der Waals surface area contributed by atoms with Crippen LogP contribution in [0.5, 0.6) is 0 Å². The summed E-state index contributed by atoms with van der Waals surface area (Å²) in [5, 5.41) is 8.59. The van der Waals surface area contributed by atoms with Crippen LogP contribution in [0.3, 0.4) is 0 Å². The predicted molar refractivity (Wildman–Crippen MR) is 122 cm³/mol. The zero-order valence-electron chi connectivity index (χ0n) is 17.7. The van der Waals surface area contributed by atoms with Crippen LogP contribution in [-0.4, -0.2) is 30.3 Å². The molecule has 5 nitrogen and oxygen atoms in total. The molecule has 0 fully saturated rings. The van der Waals surface area contributed by atoms with Crippen molar-refractivity contribution in [2.75, 3.05) is 7.11 Å².